The van der Waals surface area contributed by atoms with E-state index >= 15 is 0 Å². The van der Waals surface area contributed by atoms with Gasteiger partial charge in [-0.25, -0.2) is 4.79 Å². The van der Waals surface area contributed by atoms with E-state index < -0.39 is 23.9 Å². The Labute approximate surface area is 143 Å². The van der Waals surface area contributed by atoms with Crippen LogP contribution in [0.15, 0.2) is 0 Å². The van der Waals surface area contributed by atoms with E-state index in [-0.39, 0.29) is 38.5 Å². The van der Waals surface area contributed by atoms with E-state index in [1.165, 1.54) is 13.3 Å². The predicted octanol–water partition coefficient (Wildman–Crippen LogP) is 0.930. The van der Waals surface area contributed by atoms with Gasteiger partial charge in [0.05, 0.1) is 19.8 Å². The molecule has 0 aliphatic rings. The lowest BCUT2D eigenvalue weighted by atomic mass is 10.1. The minimum Gasteiger partial charge on any atom is -0.466 e. The van der Waals surface area contributed by atoms with E-state index in [0.717, 1.165) is 0 Å². The lowest BCUT2D eigenvalue weighted by Crippen LogP contribution is -2.46. The van der Waals surface area contributed by atoms with E-state index in [1.807, 2.05) is 0 Å². The third-order valence-electron chi connectivity index (χ3n) is 2.35. The van der Waals surface area contributed by atoms with Gasteiger partial charge in [-0.3, -0.25) is 14.4 Å². The van der Waals surface area contributed by atoms with Crippen molar-refractivity contribution < 1.29 is 28.7 Å². The molecule has 1 atom stereocenters. The topological polar surface area (TPSA) is 111 Å². The van der Waals surface area contributed by atoms with Crippen LogP contribution in [0.5, 0.6) is 0 Å². The van der Waals surface area contributed by atoms with Crippen LogP contribution >= 0.6 is 0 Å². The molecule has 0 fully saturated rings. The van der Waals surface area contributed by atoms with Crippen molar-refractivity contribution in [1.82, 2.24) is 10.6 Å². The van der Waals surface area contributed by atoms with E-state index in [0.29, 0.717) is 0 Å². The summed E-state index contributed by atoms with van der Waals surface area (Å²) in [6, 6.07) is -0.949. The number of amides is 2. The number of ether oxygens (including phenoxy) is 2. The van der Waals surface area contributed by atoms with Crippen molar-refractivity contribution in [2.75, 3.05) is 19.8 Å². The van der Waals surface area contributed by atoms with Crippen LogP contribution in [-0.2, 0) is 28.7 Å². The Bertz CT molecular complexity index is 398. The molecule has 8 nitrogen and oxygen atoms in total. The average Bonchev–Trinajstić information content (AvgIpc) is 2.50. The standard InChI is InChI=1S/C13H22N2O6.C3H8/c1-4-20-12(18)7-6-10(13(19)21-5-2)15-11(17)8-14-9(3)16;1-3-2/h10H,4-8H2,1-3H3,(H,14,16)(H,15,17);3H2,1-2H3. The first-order valence-corrected chi connectivity index (χ1v) is 8.18. The molecular formula is C16H30N2O6. The van der Waals surface area contributed by atoms with Crippen LogP contribution in [0.2, 0.25) is 0 Å². The van der Waals surface area contributed by atoms with E-state index in [4.69, 9.17) is 9.47 Å². The largest absolute Gasteiger partial charge is 0.466 e. The SMILES string of the molecule is CCC.CCOC(=O)CCC(NC(=O)CNC(C)=O)C(=O)OCC. The zero-order valence-electron chi connectivity index (χ0n) is 15.3. The van der Waals surface area contributed by atoms with Crippen LogP contribution in [0.1, 0.15) is 53.9 Å². The van der Waals surface area contributed by atoms with Gasteiger partial charge in [-0.2, -0.15) is 0 Å². The molecule has 8 heteroatoms. The number of carbonyl (C=O) groups is 4. The Morgan fingerprint density at radius 2 is 1.50 bits per heavy atom. The van der Waals surface area contributed by atoms with Gasteiger partial charge in [0, 0.05) is 13.3 Å². The first kappa shape index (κ1) is 24.1. The van der Waals surface area contributed by atoms with Crippen molar-refractivity contribution in [1.29, 1.82) is 0 Å². The van der Waals surface area contributed by atoms with Crippen LogP contribution in [0.25, 0.3) is 0 Å². The molecule has 2 N–H and O–H groups in total. The molecule has 0 radical (unpaired) electrons. The Kier molecular flexibility index (Phi) is 15.9. The van der Waals surface area contributed by atoms with Crippen molar-refractivity contribution in [3.8, 4) is 0 Å². The number of carbonyl (C=O) groups excluding carboxylic acids is 4. The summed E-state index contributed by atoms with van der Waals surface area (Å²) in [4.78, 5) is 45.3. The Hall–Kier alpha value is -2.12. The molecule has 24 heavy (non-hydrogen) atoms. The lowest BCUT2D eigenvalue weighted by molar-refractivity contribution is -0.148. The van der Waals surface area contributed by atoms with Gasteiger partial charge in [-0.05, 0) is 20.3 Å². The normalized spacial score (nSPS) is 10.5. The summed E-state index contributed by atoms with van der Waals surface area (Å²) in [5.41, 5.74) is 0. The quantitative estimate of drug-likeness (QED) is 0.601. The molecule has 0 aliphatic carbocycles. The van der Waals surface area contributed by atoms with Crippen molar-refractivity contribution in [3.63, 3.8) is 0 Å². The summed E-state index contributed by atoms with van der Waals surface area (Å²) in [5, 5.41) is 4.73. The van der Waals surface area contributed by atoms with Crippen molar-refractivity contribution in [2.24, 2.45) is 0 Å². The molecule has 2 amide bonds. The van der Waals surface area contributed by atoms with Gasteiger partial charge in [0.1, 0.15) is 6.04 Å². The number of nitrogens with one attached hydrogen (secondary N) is 2. The highest BCUT2D eigenvalue weighted by molar-refractivity contribution is 5.88. The molecule has 0 rings (SSSR count). The molecule has 0 bridgehead atoms. The Morgan fingerprint density at radius 1 is 0.958 bits per heavy atom. The van der Waals surface area contributed by atoms with Crippen molar-refractivity contribution in [3.05, 3.63) is 0 Å². The zero-order chi connectivity index (χ0) is 19.0. The second kappa shape index (κ2) is 15.8. The molecular weight excluding hydrogens is 316 g/mol. The maximum atomic E-state index is 11.7. The van der Waals surface area contributed by atoms with Gasteiger partial charge < -0.3 is 20.1 Å². The third kappa shape index (κ3) is 14.8. The van der Waals surface area contributed by atoms with Crippen molar-refractivity contribution in [2.45, 2.75) is 59.9 Å². The Morgan fingerprint density at radius 3 is 1.96 bits per heavy atom. The van der Waals surface area contributed by atoms with Crippen LogP contribution in [0, 0.1) is 0 Å². The van der Waals surface area contributed by atoms with E-state index in [1.54, 1.807) is 13.8 Å². The van der Waals surface area contributed by atoms with Crippen LogP contribution in [-0.4, -0.2) is 49.6 Å². The first-order chi connectivity index (χ1) is 11.3. The summed E-state index contributed by atoms with van der Waals surface area (Å²) < 4.78 is 9.58. The predicted molar refractivity (Wildman–Crippen MR) is 89.1 cm³/mol. The molecule has 0 heterocycles. The highest BCUT2D eigenvalue weighted by atomic mass is 16.5. The second-order valence-corrected chi connectivity index (χ2v) is 4.83. The van der Waals surface area contributed by atoms with Crippen molar-refractivity contribution >= 4 is 23.8 Å². The fraction of sp³-hybridized carbons (Fsp3) is 0.750. The van der Waals surface area contributed by atoms with Crippen LogP contribution in [0.4, 0.5) is 0 Å². The highest BCUT2D eigenvalue weighted by Gasteiger charge is 2.23. The second-order valence-electron chi connectivity index (χ2n) is 4.83. The van der Waals surface area contributed by atoms with Gasteiger partial charge in [0.15, 0.2) is 0 Å². The van der Waals surface area contributed by atoms with Crippen LogP contribution in [0.3, 0.4) is 0 Å². The first-order valence-electron chi connectivity index (χ1n) is 8.18. The summed E-state index contributed by atoms with van der Waals surface area (Å²) >= 11 is 0. The summed E-state index contributed by atoms with van der Waals surface area (Å²) in [7, 11) is 0. The molecule has 0 aromatic heterocycles. The average molecular weight is 346 g/mol. The number of esters is 2. The molecule has 0 aliphatic heterocycles. The monoisotopic (exact) mass is 346 g/mol. The van der Waals surface area contributed by atoms with Gasteiger partial charge >= 0.3 is 11.9 Å². The van der Waals surface area contributed by atoms with E-state index in [2.05, 4.69) is 24.5 Å². The third-order valence-corrected chi connectivity index (χ3v) is 2.35. The maximum absolute atomic E-state index is 11.7. The van der Waals surface area contributed by atoms with Crippen LogP contribution < -0.4 is 10.6 Å². The molecule has 1 unspecified atom stereocenters. The van der Waals surface area contributed by atoms with Gasteiger partial charge in [0.2, 0.25) is 11.8 Å². The molecule has 0 aromatic rings. The smallest absolute Gasteiger partial charge is 0.328 e. The molecule has 0 aromatic carbocycles. The number of rotatable bonds is 9. The summed E-state index contributed by atoms with van der Waals surface area (Å²) in [6.45, 7) is 9.00. The Balaban J connectivity index is 0. The fourth-order valence-corrected chi connectivity index (χ4v) is 1.44. The molecule has 0 saturated heterocycles. The summed E-state index contributed by atoms with van der Waals surface area (Å²) in [6.07, 6.45) is 1.31. The maximum Gasteiger partial charge on any atom is 0.328 e. The molecule has 0 saturated carbocycles. The lowest BCUT2D eigenvalue weighted by Gasteiger charge is -2.17. The number of hydrogen-bond donors (Lipinski definition) is 2. The fourth-order valence-electron chi connectivity index (χ4n) is 1.44. The van der Waals surface area contributed by atoms with E-state index in [9.17, 15) is 19.2 Å². The minimum absolute atomic E-state index is 0.0161. The minimum atomic E-state index is -0.949. The van der Waals surface area contributed by atoms with Gasteiger partial charge in [-0.15, -0.1) is 0 Å². The zero-order valence-corrected chi connectivity index (χ0v) is 15.3. The van der Waals surface area contributed by atoms with Gasteiger partial charge in [0.25, 0.3) is 0 Å². The van der Waals surface area contributed by atoms with Gasteiger partial charge in [-0.1, -0.05) is 20.3 Å². The highest BCUT2D eigenvalue weighted by Crippen LogP contribution is 2.02. The molecule has 140 valence electrons. The molecule has 0 spiro atoms. The summed E-state index contributed by atoms with van der Waals surface area (Å²) in [5.74, 6) is -1.97. The number of hydrogen-bond acceptors (Lipinski definition) is 6.